The molecule has 0 radical (unpaired) electrons. The summed E-state index contributed by atoms with van der Waals surface area (Å²) in [6, 6.07) is 8.25. The lowest BCUT2D eigenvalue weighted by molar-refractivity contribution is -0.124. The van der Waals surface area contributed by atoms with E-state index >= 15 is 0 Å². The monoisotopic (exact) mass is 343 g/mol. The van der Waals surface area contributed by atoms with Gasteiger partial charge in [0.25, 0.3) is 0 Å². The average Bonchev–Trinajstić information content (AvgIpc) is 3.31. The van der Waals surface area contributed by atoms with Gasteiger partial charge in [0.05, 0.1) is 12.1 Å². The van der Waals surface area contributed by atoms with E-state index in [-0.39, 0.29) is 11.9 Å². The SMILES string of the molecule is CC(C(=O)N1CCc2ccccc21)N1CCN(CC2CCCO2)CC1. The van der Waals surface area contributed by atoms with Gasteiger partial charge in [-0.05, 0) is 37.8 Å². The van der Waals surface area contributed by atoms with Crippen molar-refractivity contribution in [2.75, 3.05) is 50.8 Å². The Labute approximate surface area is 150 Å². The second-order valence-corrected chi connectivity index (χ2v) is 7.52. The van der Waals surface area contributed by atoms with Gasteiger partial charge in [-0.25, -0.2) is 0 Å². The molecule has 25 heavy (non-hydrogen) atoms. The number of amides is 1. The highest BCUT2D eigenvalue weighted by molar-refractivity contribution is 5.98. The number of carbonyl (C=O) groups excluding carboxylic acids is 1. The molecule has 2 fully saturated rings. The molecule has 0 spiro atoms. The van der Waals surface area contributed by atoms with Crippen LogP contribution in [0.2, 0.25) is 0 Å². The number of anilines is 1. The molecule has 2 atom stereocenters. The summed E-state index contributed by atoms with van der Waals surface area (Å²) >= 11 is 0. The maximum Gasteiger partial charge on any atom is 0.244 e. The van der Waals surface area contributed by atoms with Crippen molar-refractivity contribution >= 4 is 11.6 Å². The zero-order valence-corrected chi connectivity index (χ0v) is 15.2. The number of hydrogen-bond donors (Lipinski definition) is 0. The first-order valence-corrected chi connectivity index (χ1v) is 9.69. The highest BCUT2D eigenvalue weighted by Crippen LogP contribution is 2.28. The summed E-state index contributed by atoms with van der Waals surface area (Å²) in [4.78, 5) is 19.8. The Morgan fingerprint density at radius 2 is 2.00 bits per heavy atom. The molecule has 0 N–H and O–H groups in total. The van der Waals surface area contributed by atoms with E-state index < -0.39 is 0 Å². The molecule has 1 aromatic rings. The number of benzene rings is 1. The minimum Gasteiger partial charge on any atom is -0.377 e. The second kappa shape index (κ2) is 7.44. The lowest BCUT2D eigenvalue weighted by Crippen LogP contribution is -2.55. The van der Waals surface area contributed by atoms with Crippen LogP contribution in [0.5, 0.6) is 0 Å². The minimum atomic E-state index is -0.0453. The van der Waals surface area contributed by atoms with Crippen LogP contribution in [-0.2, 0) is 16.0 Å². The van der Waals surface area contributed by atoms with Crippen molar-refractivity contribution in [3.63, 3.8) is 0 Å². The number of para-hydroxylation sites is 1. The maximum absolute atomic E-state index is 13.0. The molecule has 0 bridgehead atoms. The van der Waals surface area contributed by atoms with Crippen molar-refractivity contribution in [2.24, 2.45) is 0 Å². The molecule has 2 unspecified atom stereocenters. The van der Waals surface area contributed by atoms with Crippen LogP contribution in [0.1, 0.15) is 25.3 Å². The van der Waals surface area contributed by atoms with Crippen molar-refractivity contribution < 1.29 is 9.53 Å². The summed E-state index contributed by atoms with van der Waals surface area (Å²) in [7, 11) is 0. The molecule has 1 aromatic carbocycles. The van der Waals surface area contributed by atoms with Crippen molar-refractivity contribution in [3.05, 3.63) is 29.8 Å². The first-order chi connectivity index (χ1) is 12.2. The normalized spacial score (nSPS) is 26.0. The van der Waals surface area contributed by atoms with Crippen molar-refractivity contribution in [1.82, 2.24) is 9.80 Å². The average molecular weight is 343 g/mol. The maximum atomic E-state index is 13.0. The standard InChI is InChI=1S/C20H29N3O2/c1-16(20(24)23-9-8-17-5-2-3-7-19(17)23)22-12-10-21(11-13-22)15-18-6-4-14-25-18/h2-3,5,7,16,18H,4,6,8-15H2,1H3. The third-order valence-electron chi connectivity index (χ3n) is 5.95. The van der Waals surface area contributed by atoms with E-state index in [0.717, 1.165) is 58.0 Å². The van der Waals surface area contributed by atoms with E-state index in [0.29, 0.717) is 6.10 Å². The number of hydrogen-bond acceptors (Lipinski definition) is 4. The smallest absolute Gasteiger partial charge is 0.244 e. The fraction of sp³-hybridized carbons (Fsp3) is 0.650. The number of nitrogens with zero attached hydrogens (tertiary/aromatic N) is 3. The Morgan fingerprint density at radius 1 is 1.20 bits per heavy atom. The van der Waals surface area contributed by atoms with Gasteiger partial charge >= 0.3 is 0 Å². The third kappa shape index (κ3) is 3.59. The molecule has 136 valence electrons. The largest absolute Gasteiger partial charge is 0.377 e. The topological polar surface area (TPSA) is 36.0 Å². The summed E-state index contributed by atoms with van der Waals surface area (Å²) in [5.74, 6) is 0.248. The second-order valence-electron chi connectivity index (χ2n) is 7.52. The first kappa shape index (κ1) is 17.0. The molecule has 3 aliphatic rings. The van der Waals surface area contributed by atoms with Crippen molar-refractivity contribution in [3.8, 4) is 0 Å². The number of ether oxygens (including phenoxy) is 1. The van der Waals surface area contributed by atoms with Crippen LogP contribution in [-0.4, -0.2) is 73.7 Å². The Balaban J connectivity index is 1.31. The van der Waals surface area contributed by atoms with Gasteiger partial charge in [0.1, 0.15) is 0 Å². The van der Waals surface area contributed by atoms with E-state index in [2.05, 4.69) is 34.9 Å². The molecule has 0 aliphatic carbocycles. The van der Waals surface area contributed by atoms with Crippen molar-refractivity contribution in [2.45, 2.75) is 38.3 Å². The van der Waals surface area contributed by atoms with Crippen LogP contribution in [0.4, 0.5) is 5.69 Å². The van der Waals surface area contributed by atoms with Crippen LogP contribution < -0.4 is 4.90 Å². The van der Waals surface area contributed by atoms with Crippen LogP contribution in [0.15, 0.2) is 24.3 Å². The van der Waals surface area contributed by atoms with Gasteiger partial charge < -0.3 is 9.64 Å². The Bertz CT molecular complexity index is 607. The predicted octanol–water partition coefficient (Wildman–Crippen LogP) is 1.76. The summed E-state index contributed by atoms with van der Waals surface area (Å²) in [6.45, 7) is 8.87. The number of fused-ring (bicyclic) bond motifs is 1. The Hall–Kier alpha value is -1.43. The lowest BCUT2D eigenvalue weighted by atomic mass is 10.1. The fourth-order valence-corrected chi connectivity index (χ4v) is 4.36. The predicted molar refractivity (Wildman–Crippen MR) is 98.9 cm³/mol. The quantitative estimate of drug-likeness (QED) is 0.835. The van der Waals surface area contributed by atoms with Gasteiger partial charge in [-0.2, -0.15) is 0 Å². The van der Waals surface area contributed by atoms with Crippen LogP contribution >= 0.6 is 0 Å². The van der Waals surface area contributed by atoms with Gasteiger partial charge in [0.2, 0.25) is 5.91 Å². The van der Waals surface area contributed by atoms with Gasteiger partial charge in [-0.3, -0.25) is 14.6 Å². The molecule has 4 rings (SSSR count). The molecule has 3 aliphatic heterocycles. The van der Waals surface area contributed by atoms with Crippen LogP contribution in [0, 0.1) is 0 Å². The summed E-state index contributed by atoms with van der Waals surface area (Å²) in [6.07, 6.45) is 3.80. The summed E-state index contributed by atoms with van der Waals surface area (Å²) in [5, 5.41) is 0. The molecular weight excluding hydrogens is 314 g/mol. The van der Waals surface area contributed by atoms with Gasteiger partial charge in [-0.1, -0.05) is 18.2 Å². The zero-order chi connectivity index (χ0) is 17.2. The van der Waals surface area contributed by atoms with Crippen LogP contribution in [0.3, 0.4) is 0 Å². The fourth-order valence-electron chi connectivity index (χ4n) is 4.36. The first-order valence-electron chi connectivity index (χ1n) is 9.69. The van der Waals surface area contributed by atoms with E-state index in [1.54, 1.807) is 0 Å². The molecule has 0 saturated carbocycles. The molecule has 5 heteroatoms. The lowest BCUT2D eigenvalue weighted by Gasteiger charge is -2.39. The highest BCUT2D eigenvalue weighted by Gasteiger charge is 2.32. The van der Waals surface area contributed by atoms with E-state index in [1.165, 1.54) is 18.4 Å². The molecule has 0 aromatic heterocycles. The van der Waals surface area contributed by atoms with E-state index in [4.69, 9.17) is 4.74 Å². The Kier molecular flexibility index (Phi) is 5.06. The van der Waals surface area contributed by atoms with E-state index in [1.807, 2.05) is 11.0 Å². The minimum absolute atomic E-state index is 0.0453. The summed E-state index contributed by atoms with van der Waals surface area (Å²) < 4.78 is 5.75. The number of rotatable bonds is 4. The van der Waals surface area contributed by atoms with Gasteiger partial charge in [0.15, 0.2) is 0 Å². The van der Waals surface area contributed by atoms with Crippen molar-refractivity contribution in [1.29, 1.82) is 0 Å². The third-order valence-corrected chi connectivity index (χ3v) is 5.95. The molecular formula is C20H29N3O2. The Morgan fingerprint density at radius 3 is 2.76 bits per heavy atom. The van der Waals surface area contributed by atoms with Gasteiger partial charge in [0, 0.05) is 51.6 Å². The molecule has 1 amide bonds. The van der Waals surface area contributed by atoms with E-state index in [9.17, 15) is 4.79 Å². The molecule has 5 nitrogen and oxygen atoms in total. The molecule has 3 heterocycles. The number of piperazine rings is 1. The van der Waals surface area contributed by atoms with Gasteiger partial charge in [-0.15, -0.1) is 0 Å². The van der Waals surface area contributed by atoms with Crippen LogP contribution in [0.25, 0.3) is 0 Å². The number of carbonyl (C=O) groups is 1. The highest BCUT2D eigenvalue weighted by atomic mass is 16.5. The zero-order valence-electron chi connectivity index (χ0n) is 15.2. The summed E-state index contributed by atoms with van der Waals surface area (Å²) in [5.41, 5.74) is 2.40. The molecule has 2 saturated heterocycles.